The van der Waals surface area contributed by atoms with E-state index in [9.17, 15) is 0 Å². The molecule has 22 aromatic carbocycles. The smallest absolute Gasteiger partial charge is 0.165 e. The maximum absolute atomic E-state index is 5.49. The molecule has 659 valence electrons. The van der Waals surface area contributed by atoms with Crippen LogP contribution in [0.2, 0.25) is 0 Å². The fourth-order valence-corrected chi connectivity index (χ4v) is 24.9. The van der Waals surface area contributed by atoms with Gasteiger partial charge in [-0.25, -0.2) is 29.9 Å². The molecule has 1 aliphatic heterocycles. The summed E-state index contributed by atoms with van der Waals surface area (Å²) in [4.78, 5) is 34.4. The van der Waals surface area contributed by atoms with E-state index in [0.717, 1.165) is 132 Å². The number of rotatable bonds is 9. The van der Waals surface area contributed by atoms with Crippen molar-refractivity contribution in [2.24, 2.45) is 0 Å². The first-order chi connectivity index (χ1) is 68.8. The summed E-state index contributed by atoms with van der Waals surface area (Å²) in [6, 6.07) is 161. The van der Waals surface area contributed by atoms with Crippen LogP contribution in [0.15, 0.2) is 453 Å². The third-order valence-electron chi connectivity index (χ3n) is 28.1. The van der Waals surface area contributed by atoms with Gasteiger partial charge in [-0.2, -0.15) is 0 Å². The monoisotopic (exact) mass is 1900 g/mol. The maximum Gasteiger partial charge on any atom is 0.165 e. The standard InChI is InChI=1S/C63H37N5S.C43H25BrN4S.C21H14.CH4.B/c1-2-19-43(20-3-1)67-52-28-10-8-23-46(52)51-36-41(32-33-53(51)67)61-64-62(66-63(65-61)50-27-14-25-48-47-24-9-11-30-57(47)69-60(48)50)42-35-40-16-5-6-21-44(40)56(37-42)68-54-29-13-18-39-17-12-26-49(58(39)54)59-45-22-7-4-15-38(45)31-34-55(59)68;44-36-25-28(23-26-11-4-5-14-30(26)36)42-45-41(46-43(47-42)34-18-10-17-33-32-16-7-9-20-39(32)49-40(33)34)27-21-22-38-35(24-27)31-15-6-8-19-37(31)48(38)29-12-2-1-3-13-29;1-2-9-18-14(5-1)11-12-17-13-16-8-3-6-15-7-4-10-19(20(15)16)21(17)18;;/h1-37H;1-25H;1-12H,13H2;1H4;. The minimum Gasteiger partial charge on any atom is -0.309 e. The van der Waals surface area contributed by atoms with Crippen LogP contribution in [0, 0.1) is 0 Å². The van der Waals surface area contributed by atoms with Gasteiger partial charge in [0.2, 0.25) is 0 Å². The average Bonchev–Trinajstić information content (AvgIpc) is 1.42. The lowest BCUT2D eigenvalue weighted by Crippen LogP contribution is -2.16. The predicted octanol–water partition coefficient (Wildman–Crippen LogP) is 35.3. The van der Waals surface area contributed by atoms with Crippen molar-refractivity contribution in [2.45, 2.75) is 13.8 Å². The summed E-state index contributed by atoms with van der Waals surface area (Å²) in [7, 11) is 0. The SMILES string of the molecule is Brc1cc(-c2nc(-c3ccc4c(c3)c3ccccc3n4-c3ccccc3)nc(-c3cccc4c3sc3ccccc34)n2)cc2ccccc12.C.[B].c1ccc(-n2c3ccccc3c3cc(-c4nc(-c5cc(N6c7ccc8ccccc8c7-c7cccc8cccc6c78)c6ccccc6c5)nc(-c5cccc6c5sc5ccccc56)n4)ccc32)cc1.c1ccc2c3c(ccc2c1)Cc1cccc2cccc-3c12. The molecule has 7 heterocycles. The van der Waals surface area contributed by atoms with Crippen LogP contribution < -0.4 is 4.90 Å². The van der Waals surface area contributed by atoms with Crippen LogP contribution >= 0.6 is 38.6 Å². The number of benzene rings is 22. The van der Waals surface area contributed by atoms with E-state index in [4.69, 9.17) is 29.9 Å². The number of para-hydroxylation sites is 4. The van der Waals surface area contributed by atoms with Crippen LogP contribution in [0.1, 0.15) is 18.6 Å². The minimum absolute atomic E-state index is 0. The molecule has 13 heteroatoms. The molecule has 0 spiro atoms. The summed E-state index contributed by atoms with van der Waals surface area (Å²) in [6.07, 6.45) is 1.04. The van der Waals surface area contributed by atoms with Crippen LogP contribution in [0.5, 0.6) is 0 Å². The van der Waals surface area contributed by atoms with Gasteiger partial charge in [-0.1, -0.05) is 339 Å². The first-order valence-corrected chi connectivity index (χ1v) is 49.3. The molecule has 28 aromatic rings. The van der Waals surface area contributed by atoms with Crippen molar-refractivity contribution in [1.29, 1.82) is 0 Å². The number of halogens is 1. The Morgan fingerprint density at radius 1 is 0.227 bits per heavy atom. The van der Waals surface area contributed by atoms with Crippen LogP contribution in [0.4, 0.5) is 17.1 Å². The second kappa shape index (κ2) is 34.2. The summed E-state index contributed by atoms with van der Waals surface area (Å²) in [5, 5.41) is 24.4. The van der Waals surface area contributed by atoms with E-state index >= 15 is 0 Å². The van der Waals surface area contributed by atoms with E-state index in [2.05, 4.69) is 479 Å². The number of anilines is 3. The lowest BCUT2D eigenvalue weighted by molar-refractivity contribution is 1.08. The van der Waals surface area contributed by atoms with Gasteiger partial charge >= 0.3 is 0 Å². The van der Waals surface area contributed by atoms with E-state index in [1.54, 1.807) is 22.7 Å². The highest BCUT2D eigenvalue weighted by Crippen LogP contribution is 2.56. The molecule has 0 fully saturated rings. The van der Waals surface area contributed by atoms with Crippen molar-refractivity contribution in [3.63, 3.8) is 0 Å². The zero-order chi connectivity index (χ0) is 91.4. The molecule has 1 aliphatic carbocycles. The van der Waals surface area contributed by atoms with Gasteiger partial charge in [0.15, 0.2) is 34.9 Å². The third-order valence-corrected chi connectivity index (χ3v) is 31.2. The molecule has 0 saturated carbocycles. The summed E-state index contributed by atoms with van der Waals surface area (Å²) >= 11 is 7.40. The minimum atomic E-state index is 0. The molecule has 3 radical (unpaired) electrons. The Bertz CT molecular complexity index is 10000. The quantitative estimate of drug-likeness (QED) is 0.133. The van der Waals surface area contributed by atoms with Gasteiger partial charge < -0.3 is 14.0 Å². The molecular weight excluding hydrogens is 1820 g/mol. The third kappa shape index (κ3) is 13.9. The molecule has 0 atom stereocenters. The maximum atomic E-state index is 5.49. The Hall–Kier alpha value is -17.2. The zero-order valence-corrected chi connectivity index (χ0v) is 78.4. The molecule has 0 saturated heterocycles. The summed E-state index contributed by atoms with van der Waals surface area (Å²) in [5.74, 6) is 3.81. The number of hydrogen-bond acceptors (Lipinski definition) is 9. The lowest BCUT2D eigenvalue weighted by atomic mass is 9.81. The first kappa shape index (κ1) is 84.3. The van der Waals surface area contributed by atoms with Gasteiger partial charge in [-0.05, 0) is 222 Å². The highest BCUT2D eigenvalue weighted by molar-refractivity contribution is 9.10. The van der Waals surface area contributed by atoms with Crippen molar-refractivity contribution >= 4 is 213 Å². The normalized spacial score (nSPS) is 12.0. The fourth-order valence-electron chi connectivity index (χ4n) is 21.9. The van der Waals surface area contributed by atoms with Crippen LogP contribution in [-0.4, -0.2) is 47.5 Å². The first-order valence-electron chi connectivity index (χ1n) is 46.9. The van der Waals surface area contributed by atoms with Gasteiger partial charge in [0.1, 0.15) is 0 Å². The summed E-state index contributed by atoms with van der Waals surface area (Å²) < 4.78 is 10.5. The van der Waals surface area contributed by atoms with Crippen molar-refractivity contribution < 1.29 is 0 Å². The zero-order valence-electron chi connectivity index (χ0n) is 75.2. The second-order valence-electron chi connectivity index (χ2n) is 35.9. The van der Waals surface area contributed by atoms with Crippen molar-refractivity contribution in [2.75, 3.05) is 4.90 Å². The van der Waals surface area contributed by atoms with Crippen molar-refractivity contribution in [3.05, 3.63) is 465 Å². The topological polar surface area (TPSA) is 90.4 Å². The Kier molecular flexibility index (Phi) is 20.5. The molecular formula is C128H80BBrN9S2. The van der Waals surface area contributed by atoms with Crippen molar-refractivity contribution in [1.82, 2.24) is 39.0 Å². The van der Waals surface area contributed by atoms with E-state index < -0.39 is 0 Å². The largest absolute Gasteiger partial charge is 0.309 e. The Balaban J connectivity index is 0.000000122. The van der Waals surface area contributed by atoms with Gasteiger partial charge in [0.05, 0.1) is 39.1 Å². The van der Waals surface area contributed by atoms with Gasteiger partial charge in [-0.3, -0.25) is 0 Å². The highest BCUT2D eigenvalue weighted by atomic mass is 79.9. The van der Waals surface area contributed by atoms with Crippen LogP contribution in [-0.2, 0) is 6.42 Å². The molecule has 30 rings (SSSR count). The molecule has 0 amide bonds. The highest BCUT2D eigenvalue weighted by Gasteiger charge is 2.32. The van der Waals surface area contributed by atoms with Crippen LogP contribution in [0.25, 0.3) is 251 Å². The Morgan fingerprint density at radius 2 is 0.617 bits per heavy atom. The van der Waals surface area contributed by atoms with E-state index in [1.807, 2.05) is 0 Å². The molecule has 0 unspecified atom stereocenters. The number of hydrogen-bond donors (Lipinski definition) is 0. The fraction of sp³-hybridized carbons (Fsp3) is 0.0156. The number of aromatic nitrogens is 8. The molecule has 6 aromatic heterocycles. The Morgan fingerprint density at radius 3 is 1.18 bits per heavy atom. The van der Waals surface area contributed by atoms with Crippen molar-refractivity contribution in [3.8, 4) is 102 Å². The van der Waals surface area contributed by atoms with Gasteiger partial charge in [0, 0.05) is 136 Å². The summed E-state index contributed by atoms with van der Waals surface area (Å²) in [6.45, 7) is 0. The summed E-state index contributed by atoms with van der Waals surface area (Å²) in [5.41, 5.74) is 24.1. The molecule has 0 N–H and O–H groups in total. The molecule has 141 heavy (non-hydrogen) atoms. The Labute approximate surface area is 830 Å². The molecule has 9 nitrogen and oxygen atoms in total. The van der Waals surface area contributed by atoms with E-state index in [1.165, 1.54) is 123 Å². The molecule has 0 bridgehead atoms. The van der Waals surface area contributed by atoms with Crippen LogP contribution in [0.3, 0.4) is 0 Å². The van der Waals surface area contributed by atoms with Gasteiger partial charge in [-0.15, -0.1) is 22.7 Å². The van der Waals surface area contributed by atoms with Gasteiger partial charge in [0.25, 0.3) is 0 Å². The number of fused-ring (bicyclic) bond motifs is 22. The number of thiophene rings is 2. The average molecular weight is 1900 g/mol. The molecule has 2 aliphatic rings. The second-order valence-corrected chi connectivity index (χ2v) is 38.9. The van der Waals surface area contributed by atoms with E-state index in [0.29, 0.717) is 34.9 Å². The number of nitrogens with zero attached hydrogens (tertiary/aromatic N) is 9. The lowest BCUT2D eigenvalue weighted by Gasteiger charge is -2.35. The van der Waals surface area contributed by atoms with E-state index in [-0.39, 0.29) is 15.8 Å². The predicted molar refractivity (Wildman–Crippen MR) is 600 cm³/mol.